The smallest absolute Gasteiger partial charge is 0.726 e. The molecule has 0 aromatic rings. The minimum atomic E-state index is -5.12. The third-order valence-corrected chi connectivity index (χ3v) is 14.5. The zero-order valence-electron chi connectivity index (χ0n) is 30.9. The second kappa shape index (κ2) is 16.3. The Labute approximate surface area is 320 Å². The first-order valence-corrected chi connectivity index (χ1v) is 19.6. The van der Waals surface area contributed by atoms with Crippen molar-refractivity contribution in [2.24, 2.45) is 52.3 Å². The second-order valence-electron chi connectivity index (χ2n) is 17.1. The average molecular weight is 745 g/mol. The van der Waals surface area contributed by atoms with Gasteiger partial charge in [-0.1, -0.05) is 41.0 Å². The SMILES string of the molecule is COCC1OC(OCC[C@@H](CC[C@@H](C)[C@H]2[C@@H](O)[C@H](O)C3[C@]4(O)C[C@H](O)C5C[C@@H](O)CC[C@]5(C)C4CC[C@@]32C)C(C)C)C(OS(=O)(=O)[O-])C1O.[Na+]. The summed E-state index contributed by atoms with van der Waals surface area (Å²) in [5, 5.41) is 68.2. The van der Waals surface area contributed by atoms with E-state index in [4.69, 9.17) is 14.2 Å². The third-order valence-electron chi connectivity index (χ3n) is 14.0. The van der Waals surface area contributed by atoms with E-state index in [9.17, 15) is 43.6 Å². The standard InChI is InChI=1S/C35H62O13S.Na/c1-18(2)20(11-14-46-32-30(48-49(42,43)44)27(38)24(47-32)17-45-6)8-7-19(3)26-28(39)29(40)31-34(26,5)13-10-25-33(4)12-9-21(36)15-22(33)23(37)16-35(25,31)41;/h18-32,36-41H,7-17H2,1-6H3,(H,42,43,44);/q;+1/p-1/t19-,20-,21+,22?,23+,24?,25?,26+,27?,28-,29+,30?,31?,32?,33+,34-,35+;/m1./s1. The molecular formula is C35H61NaO13S. The first kappa shape index (κ1) is 43.2. The van der Waals surface area contributed by atoms with Gasteiger partial charge >= 0.3 is 29.6 Å². The average Bonchev–Trinajstić information content (AvgIpc) is 3.38. The monoisotopic (exact) mass is 744 g/mol. The normalized spacial score (nSPS) is 47.2. The molecule has 1 heterocycles. The molecule has 1 aliphatic heterocycles. The summed E-state index contributed by atoms with van der Waals surface area (Å²) in [6, 6.07) is 0. The van der Waals surface area contributed by atoms with E-state index in [2.05, 4.69) is 38.8 Å². The van der Waals surface area contributed by atoms with Crippen LogP contribution in [0, 0.1) is 52.3 Å². The van der Waals surface area contributed by atoms with Gasteiger partial charge < -0.3 is 49.4 Å². The van der Waals surface area contributed by atoms with Gasteiger partial charge in [-0.15, -0.1) is 0 Å². The van der Waals surface area contributed by atoms with Crippen LogP contribution in [-0.4, -0.2) is 119 Å². The van der Waals surface area contributed by atoms with Crippen molar-refractivity contribution in [3.8, 4) is 0 Å². The van der Waals surface area contributed by atoms with Crippen LogP contribution in [0.1, 0.15) is 92.4 Å². The van der Waals surface area contributed by atoms with Gasteiger partial charge in [0.15, 0.2) is 12.4 Å². The van der Waals surface area contributed by atoms with Crippen molar-refractivity contribution in [2.45, 2.75) is 147 Å². The summed E-state index contributed by atoms with van der Waals surface area (Å²) in [6.45, 7) is 10.6. The van der Waals surface area contributed by atoms with Gasteiger partial charge in [0.2, 0.25) is 10.4 Å². The Balaban J connectivity index is 0.00000562. The summed E-state index contributed by atoms with van der Waals surface area (Å²) in [5.41, 5.74) is -2.25. The summed E-state index contributed by atoms with van der Waals surface area (Å²) in [4.78, 5) is 0. The van der Waals surface area contributed by atoms with Crippen LogP contribution in [-0.2, 0) is 28.8 Å². The van der Waals surface area contributed by atoms with E-state index in [0.29, 0.717) is 25.7 Å². The van der Waals surface area contributed by atoms with E-state index in [-0.39, 0.29) is 90.1 Å². The summed E-state index contributed by atoms with van der Waals surface area (Å²) in [5.74, 6) is -0.685. The molecular weight excluding hydrogens is 683 g/mol. The minimum Gasteiger partial charge on any atom is -0.726 e. The minimum absolute atomic E-state index is 0. The molecule has 5 fully saturated rings. The van der Waals surface area contributed by atoms with Gasteiger partial charge in [0, 0.05) is 19.4 Å². The number of fused-ring (bicyclic) bond motifs is 5. The molecule has 50 heavy (non-hydrogen) atoms. The molecule has 0 amide bonds. The fourth-order valence-electron chi connectivity index (χ4n) is 11.7. The van der Waals surface area contributed by atoms with E-state index in [1.165, 1.54) is 7.11 Å². The van der Waals surface area contributed by atoms with Gasteiger partial charge in [0.1, 0.15) is 12.2 Å². The maximum absolute atomic E-state index is 12.6. The van der Waals surface area contributed by atoms with Crippen LogP contribution in [0.3, 0.4) is 0 Å². The fraction of sp³-hybridized carbons (Fsp3) is 1.00. The summed E-state index contributed by atoms with van der Waals surface area (Å²) in [7, 11) is -3.73. The van der Waals surface area contributed by atoms with Crippen molar-refractivity contribution in [1.82, 2.24) is 0 Å². The molecule has 13 nitrogen and oxygen atoms in total. The molecule has 1 saturated heterocycles. The Morgan fingerprint density at radius 3 is 2.22 bits per heavy atom. The Morgan fingerprint density at radius 2 is 1.60 bits per heavy atom. The molecule has 5 aliphatic rings. The van der Waals surface area contributed by atoms with Gasteiger partial charge in [-0.25, -0.2) is 8.42 Å². The molecule has 6 N–H and O–H groups in total. The van der Waals surface area contributed by atoms with E-state index in [0.717, 1.165) is 25.7 Å². The van der Waals surface area contributed by atoms with Crippen LogP contribution in [0.5, 0.6) is 0 Å². The number of methoxy groups -OCH3 is 1. The van der Waals surface area contributed by atoms with Gasteiger partial charge in [-0.05, 0) is 91.3 Å². The van der Waals surface area contributed by atoms with Crippen LogP contribution >= 0.6 is 0 Å². The Hall–Kier alpha value is 0.510. The molecule has 286 valence electrons. The number of aliphatic hydroxyl groups is 6. The number of aliphatic hydroxyl groups excluding tert-OH is 5. The molecule has 4 saturated carbocycles. The molecule has 0 spiro atoms. The third kappa shape index (κ3) is 8.07. The van der Waals surface area contributed by atoms with Crippen LogP contribution in [0.2, 0.25) is 0 Å². The maximum Gasteiger partial charge on any atom is 1.00 e. The maximum atomic E-state index is 12.6. The molecule has 0 bridgehead atoms. The number of rotatable bonds is 13. The van der Waals surface area contributed by atoms with Crippen molar-refractivity contribution in [1.29, 1.82) is 0 Å². The van der Waals surface area contributed by atoms with E-state index in [1.54, 1.807) is 0 Å². The molecule has 0 aromatic heterocycles. The molecule has 0 radical (unpaired) electrons. The first-order valence-electron chi connectivity index (χ1n) is 18.3. The Kier molecular flexibility index (Phi) is 14.1. The molecule has 17 atom stereocenters. The molecule has 5 rings (SSSR count). The zero-order valence-corrected chi connectivity index (χ0v) is 33.7. The molecule has 7 unspecified atom stereocenters. The van der Waals surface area contributed by atoms with Gasteiger partial charge in [-0.2, -0.15) is 0 Å². The van der Waals surface area contributed by atoms with Crippen LogP contribution in [0.25, 0.3) is 0 Å². The molecule has 4 aliphatic carbocycles. The predicted octanol–water partition coefficient (Wildman–Crippen LogP) is -1.29. The van der Waals surface area contributed by atoms with Crippen LogP contribution in [0.4, 0.5) is 0 Å². The first-order chi connectivity index (χ1) is 22.8. The van der Waals surface area contributed by atoms with Crippen molar-refractivity contribution in [3.05, 3.63) is 0 Å². The van der Waals surface area contributed by atoms with Gasteiger partial charge in [0.05, 0.1) is 43.2 Å². The van der Waals surface area contributed by atoms with E-state index < -0.39 is 76.4 Å². The summed E-state index contributed by atoms with van der Waals surface area (Å²) < 4.78 is 55.0. The quantitative estimate of drug-likeness (QED) is 0.0737. The number of hydrogen-bond acceptors (Lipinski definition) is 13. The summed E-state index contributed by atoms with van der Waals surface area (Å²) >= 11 is 0. The van der Waals surface area contributed by atoms with Gasteiger partial charge in [0.25, 0.3) is 0 Å². The van der Waals surface area contributed by atoms with Crippen molar-refractivity contribution in [2.75, 3.05) is 20.3 Å². The zero-order chi connectivity index (χ0) is 36.3. The molecule has 0 aromatic carbocycles. The fourth-order valence-corrected chi connectivity index (χ4v) is 12.2. The van der Waals surface area contributed by atoms with Crippen LogP contribution in [0.15, 0.2) is 0 Å². The second-order valence-corrected chi connectivity index (χ2v) is 18.1. The Bertz CT molecular complexity index is 1240. The Morgan fingerprint density at radius 1 is 0.940 bits per heavy atom. The van der Waals surface area contributed by atoms with Crippen LogP contribution < -0.4 is 29.6 Å². The van der Waals surface area contributed by atoms with E-state index >= 15 is 0 Å². The van der Waals surface area contributed by atoms with Gasteiger partial charge in [-0.3, -0.25) is 4.18 Å². The van der Waals surface area contributed by atoms with Crippen molar-refractivity contribution < 1.29 is 91.6 Å². The predicted molar refractivity (Wildman–Crippen MR) is 175 cm³/mol. The van der Waals surface area contributed by atoms with Crippen molar-refractivity contribution in [3.63, 3.8) is 0 Å². The largest absolute Gasteiger partial charge is 1.00 e. The number of ether oxygens (including phenoxy) is 3. The number of hydrogen-bond donors (Lipinski definition) is 6. The molecule has 15 heteroatoms. The van der Waals surface area contributed by atoms with Crippen molar-refractivity contribution >= 4 is 10.4 Å². The summed E-state index contributed by atoms with van der Waals surface area (Å²) in [6.07, 6.45) is -2.98. The van der Waals surface area contributed by atoms with E-state index in [1.807, 2.05) is 0 Å². The topological polar surface area (TPSA) is 215 Å².